The molecule has 1 amide bonds. The van der Waals surface area contributed by atoms with E-state index >= 15 is 0 Å². The topological polar surface area (TPSA) is 32.3 Å². The fourth-order valence-corrected chi connectivity index (χ4v) is 3.24. The van der Waals surface area contributed by atoms with Crippen LogP contribution >= 0.6 is 11.6 Å². The van der Waals surface area contributed by atoms with Crippen LogP contribution in [-0.2, 0) is 17.8 Å². The lowest BCUT2D eigenvalue weighted by Crippen LogP contribution is -2.39. The van der Waals surface area contributed by atoms with E-state index in [4.69, 9.17) is 11.6 Å². The summed E-state index contributed by atoms with van der Waals surface area (Å²) in [6.45, 7) is 3.89. The minimum atomic E-state index is 0.0262. The number of aryl methyl sites for hydroxylation is 2. The maximum atomic E-state index is 12.3. The second-order valence-corrected chi connectivity index (χ2v) is 6.43. The van der Waals surface area contributed by atoms with E-state index in [0.29, 0.717) is 18.1 Å². The number of hydrogen-bond donors (Lipinski definition) is 1. The van der Waals surface area contributed by atoms with Crippen molar-refractivity contribution in [1.29, 1.82) is 0 Å². The van der Waals surface area contributed by atoms with E-state index < -0.39 is 0 Å². The molecule has 1 N–H and O–H groups in total. The zero-order valence-electron chi connectivity index (χ0n) is 13.3. The number of halogens is 1. The Balaban J connectivity index is 1.62. The summed E-state index contributed by atoms with van der Waals surface area (Å²) in [6, 6.07) is 14.1. The number of nitrogens with one attached hydrogen (secondary N) is 1. The van der Waals surface area contributed by atoms with Crippen LogP contribution in [-0.4, -0.2) is 19.0 Å². The molecule has 0 saturated carbocycles. The van der Waals surface area contributed by atoms with Gasteiger partial charge < -0.3 is 10.2 Å². The second kappa shape index (κ2) is 7.05. The number of amides is 1. The molecule has 2 aromatic carbocycles. The molecule has 0 radical (unpaired) electrons. The molecule has 3 nitrogen and oxygen atoms in total. The Labute approximate surface area is 142 Å². The van der Waals surface area contributed by atoms with Crippen molar-refractivity contribution in [1.82, 2.24) is 5.32 Å². The first-order valence-corrected chi connectivity index (χ1v) is 8.36. The highest BCUT2D eigenvalue weighted by Gasteiger charge is 2.19. The van der Waals surface area contributed by atoms with E-state index in [1.54, 1.807) is 0 Å². The predicted octanol–water partition coefficient (Wildman–Crippen LogP) is 3.72. The molecule has 0 aromatic heterocycles. The molecular formula is C19H21ClN2O. The van der Waals surface area contributed by atoms with Gasteiger partial charge in [-0.25, -0.2) is 0 Å². The predicted molar refractivity (Wildman–Crippen MR) is 95.0 cm³/mol. The van der Waals surface area contributed by atoms with Crippen molar-refractivity contribution in [2.45, 2.75) is 26.3 Å². The lowest BCUT2D eigenvalue weighted by Gasteiger charge is -2.31. The molecule has 1 aliphatic heterocycles. The van der Waals surface area contributed by atoms with E-state index in [0.717, 1.165) is 24.9 Å². The minimum absolute atomic E-state index is 0.0262. The number of carbonyl (C=O) groups is 1. The molecule has 1 heterocycles. The highest BCUT2D eigenvalue weighted by Crippen LogP contribution is 2.27. The third-order valence-corrected chi connectivity index (χ3v) is 4.59. The molecule has 0 spiro atoms. The largest absolute Gasteiger partial charge is 0.362 e. The maximum Gasteiger partial charge on any atom is 0.239 e. The first kappa shape index (κ1) is 15.9. The highest BCUT2D eigenvalue weighted by atomic mass is 35.5. The summed E-state index contributed by atoms with van der Waals surface area (Å²) in [6.07, 6.45) is 2.18. The van der Waals surface area contributed by atoms with Crippen molar-refractivity contribution in [2.75, 3.05) is 18.0 Å². The van der Waals surface area contributed by atoms with Crippen LogP contribution in [0.5, 0.6) is 0 Å². The van der Waals surface area contributed by atoms with Gasteiger partial charge in [-0.15, -0.1) is 0 Å². The molecule has 0 unspecified atom stereocenters. The van der Waals surface area contributed by atoms with E-state index in [2.05, 4.69) is 35.3 Å². The van der Waals surface area contributed by atoms with Gasteiger partial charge in [0.1, 0.15) is 0 Å². The van der Waals surface area contributed by atoms with Gasteiger partial charge in [0, 0.05) is 23.8 Å². The quantitative estimate of drug-likeness (QED) is 0.927. The van der Waals surface area contributed by atoms with Gasteiger partial charge in [0.2, 0.25) is 5.91 Å². The summed E-state index contributed by atoms with van der Waals surface area (Å²) in [5, 5.41) is 3.65. The summed E-state index contributed by atoms with van der Waals surface area (Å²) in [5.41, 5.74) is 4.75. The molecule has 0 fully saturated rings. The van der Waals surface area contributed by atoms with Gasteiger partial charge in [-0.2, -0.15) is 0 Å². The normalized spacial score (nSPS) is 13.6. The molecule has 3 rings (SSSR count). The average Bonchev–Trinajstić information content (AvgIpc) is 2.54. The molecule has 0 atom stereocenters. The van der Waals surface area contributed by atoms with Gasteiger partial charge in [0.25, 0.3) is 0 Å². The van der Waals surface area contributed by atoms with Crippen LogP contribution in [0.25, 0.3) is 0 Å². The Morgan fingerprint density at radius 2 is 2.09 bits per heavy atom. The number of anilines is 1. The number of fused-ring (bicyclic) bond motifs is 1. The highest BCUT2D eigenvalue weighted by molar-refractivity contribution is 6.31. The Hall–Kier alpha value is -2.00. The van der Waals surface area contributed by atoms with Gasteiger partial charge in [-0.05, 0) is 43.0 Å². The van der Waals surface area contributed by atoms with Crippen LogP contribution in [0.3, 0.4) is 0 Å². The molecule has 2 aromatic rings. The summed E-state index contributed by atoms with van der Waals surface area (Å²) in [5.74, 6) is 0.0262. The van der Waals surface area contributed by atoms with Crippen LogP contribution in [0.2, 0.25) is 5.02 Å². The first-order valence-electron chi connectivity index (χ1n) is 7.98. The zero-order valence-corrected chi connectivity index (χ0v) is 14.1. The van der Waals surface area contributed by atoms with Crippen LogP contribution < -0.4 is 10.2 Å². The molecule has 120 valence electrons. The Bertz CT molecular complexity index is 714. The van der Waals surface area contributed by atoms with Gasteiger partial charge in [0.05, 0.1) is 6.54 Å². The van der Waals surface area contributed by atoms with Gasteiger partial charge in [-0.1, -0.05) is 47.5 Å². The van der Waals surface area contributed by atoms with Crippen molar-refractivity contribution < 1.29 is 4.79 Å². The minimum Gasteiger partial charge on any atom is -0.362 e. The zero-order chi connectivity index (χ0) is 16.2. The second-order valence-electron chi connectivity index (χ2n) is 6.03. The standard InChI is InChI=1S/C19H21ClN2O/c1-14-8-9-18-15(11-14)6-4-10-22(18)13-19(23)21-12-16-5-2-3-7-17(16)20/h2-3,5,7-9,11H,4,6,10,12-13H2,1H3,(H,21,23). The molecule has 0 bridgehead atoms. The van der Waals surface area contributed by atoms with Crippen LogP contribution in [0, 0.1) is 6.92 Å². The van der Waals surface area contributed by atoms with Gasteiger partial charge >= 0.3 is 0 Å². The fraction of sp³-hybridized carbons (Fsp3) is 0.316. The average molecular weight is 329 g/mol. The van der Waals surface area contributed by atoms with Crippen molar-refractivity contribution >= 4 is 23.2 Å². The SMILES string of the molecule is Cc1ccc2c(c1)CCCN2CC(=O)NCc1ccccc1Cl. The number of hydrogen-bond acceptors (Lipinski definition) is 2. The third kappa shape index (κ3) is 3.85. The number of benzene rings is 2. The summed E-state index contributed by atoms with van der Waals surface area (Å²) in [7, 11) is 0. The van der Waals surface area contributed by atoms with Crippen molar-refractivity contribution in [3.05, 3.63) is 64.2 Å². The molecule has 4 heteroatoms. The van der Waals surface area contributed by atoms with E-state index in [-0.39, 0.29) is 5.91 Å². The number of rotatable bonds is 4. The summed E-state index contributed by atoms with van der Waals surface area (Å²) >= 11 is 6.12. The van der Waals surface area contributed by atoms with Gasteiger partial charge in [0.15, 0.2) is 0 Å². The molecular weight excluding hydrogens is 308 g/mol. The smallest absolute Gasteiger partial charge is 0.239 e. The molecule has 1 aliphatic rings. The van der Waals surface area contributed by atoms with Gasteiger partial charge in [-0.3, -0.25) is 4.79 Å². The molecule has 23 heavy (non-hydrogen) atoms. The van der Waals surface area contributed by atoms with Crippen LogP contribution in [0.4, 0.5) is 5.69 Å². The van der Waals surface area contributed by atoms with E-state index in [9.17, 15) is 4.79 Å². The fourth-order valence-electron chi connectivity index (χ4n) is 3.03. The lowest BCUT2D eigenvalue weighted by molar-refractivity contribution is -0.119. The van der Waals surface area contributed by atoms with Crippen molar-refractivity contribution in [2.24, 2.45) is 0 Å². The van der Waals surface area contributed by atoms with E-state index in [1.165, 1.54) is 16.8 Å². The Morgan fingerprint density at radius 3 is 2.91 bits per heavy atom. The summed E-state index contributed by atoms with van der Waals surface area (Å²) < 4.78 is 0. The van der Waals surface area contributed by atoms with Crippen molar-refractivity contribution in [3.8, 4) is 0 Å². The number of carbonyl (C=O) groups excluding carboxylic acids is 1. The Kier molecular flexibility index (Phi) is 4.87. The maximum absolute atomic E-state index is 12.3. The number of nitrogens with zero attached hydrogens (tertiary/aromatic N) is 1. The van der Waals surface area contributed by atoms with Crippen LogP contribution in [0.1, 0.15) is 23.1 Å². The van der Waals surface area contributed by atoms with Crippen LogP contribution in [0.15, 0.2) is 42.5 Å². The first-order chi connectivity index (χ1) is 11.1. The third-order valence-electron chi connectivity index (χ3n) is 4.22. The summed E-state index contributed by atoms with van der Waals surface area (Å²) in [4.78, 5) is 14.4. The molecule has 0 aliphatic carbocycles. The Morgan fingerprint density at radius 1 is 1.26 bits per heavy atom. The van der Waals surface area contributed by atoms with Crippen molar-refractivity contribution in [3.63, 3.8) is 0 Å². The monoisotopic (exact) mass is 328 g/mol. The molecule has 0 saturated heterocycles. The lowest BCUT2D eigenvalue weighted by atomic mass is 9.99. The van der Waals surface area contributed by atoms with E-state index in [1.807, 2.05) is 24.3 Å².